The van der Waals surface area contributed by atoms with E-state index in [1.54, 1.807) is 0 Å². The number of methoxy groups -OCH3 is 1. The summed E-state index contributed by atoms with van der Waals surface area (Å²) in [5.41, 5.74) is 1.94. The van der Waals surface area contributed by atoms with E-state index in [9.17, 15) is 23.3 Å². The molecule has 0 aliphatic carbocycles. The minimum Gasteiger partial charge on any atom is -0.495 e. The topological polar surface area (TPSA) is 119 Å². The standard InChI is InChI=1S/C20H25N3O6S/c1-15-6-8-16(9-7-15)5-4-12-21-20(24)14-22(30(3,27)28)18-13-17(23(25)26)10-11-19(18)29-2/h6-11,13H,4-5,12,14H2,1-3H3,(H,21,24). The number of rotatable bonds is 10. The third kappa shape index (κ3) is 6.45. The van der Waals surface area contributed by atoms with E-state index in [-0.39, 0.29) is 17.1 Å². The first-order valence-corrected chi connectivity index (χ1v) is 11.1. The third-order valence-corrected chi connectivity index (χ3v) is 5.54. The molecule has 0 aliphatic rings. The van der Waals surface area contributed by atoms with E-state index in [0.29, 0.717) is 13.0 Å². The average Bonchev–Trinajstić information content (AvgIpc) is 2.69. The first kappa shape index (κ1) is 23.1. The van der Waals surface area contributed by atoms with Gasteiger partial charge < -0.3 is 10.1 Å². The maximum atomic E-state index is 12.4. The second kappa shape index (κ2) is 10.1. The van der Waals surface area contributed by atoms with Crippen LogP contribution in [0.25, 0.3) is 0 Å². The monoisotopic (exact) mass is 435 g/mol. The highest BCUT2D eigenvalue weighted by molar-refractivity contribution is 7.92. The second-order valence-corrected chi connectivity index (χ2v) is 8.73. The van der Waals surface area contributed by atoms with Gasteiger partial charge in [-0.05, 0) is 31.4 Å². The Morgan fingerprint density at radius 1 is 1.20 bits per heavy atom. The largest absolute Gasteiger partial charge is 0.495 e. The van der Waals surface area contributed by atoms with Gasteiger partial charge in [-0.25, -0.2) is 8.42 Å². The number of hydrogen-bond donors (Lipinski definition) is 1. The zero-order valence-corrected chi connectivity index (χ0v) is 17.9. The molecule has 10 heteroatoms. The number of hydrogen-bond acceptors (Lipinski definition) is 6. The summed E-state index contributed by atoms with van der Waals surface area (Å²) in [6.45, 7) is 1.87. The summed E-state index contributed by atoms with van der Waals surface area (Å²) in [4.78, 5) is 22.8. The van der Waals surface area contributed by atoms with E-state index in [4.69, 9.17) is 4.74 Å². The molecule has 1 amide bonds. The van der Waals surface area contributed by atoms with Crippen molar-refractivity contribution >= 4 is 27.3 Å². The predicted molar refractivity (Wildman–Crippen MR) is 114 cm³/mol. The molecule has 0 spiro atoms. The Morgan fingerprint density at radius 2 is 1.87 bits per heavy atom. The molecule has 2 rings (SSSR count). The van der Waals surface area contributed by atoms with E-state index < -0.39 is 27.4 Å². The molecule has 0 bridgehead atoms. The zero-order valence-electron chi connectivity index (χ0n) is 17.1. The van der Waals surface area contributed by atoms with Crippen molar-refractivity contribution in [3.63, 3.8) is 0 Å². The fourth-order valence-corrected chi connectivity index (χ4v) is 3.68. The number of aryl methyl sites for hydroxylation is 2. The van der Waals surface area contributed by atoms with Gasteiger partial charge in [-0.1, -0.05) is 29.8 Å². The lowest BCUT2D eigenvalue weighted by molar-refractivity contribution is -0.384. The number of amides is 1. The van der Waals surface area contributed by atoms with Crippen LogP contribution in [0.15, 0.2) is 42.5 Å². The van der Waals surface area contributed by atoms with Crippen LogP contribution in [0.3, 0.4) is 0 Å². The van der Waals surface area contributed by atoms with Gasteiger partial charge in [0.2, 0.25) is 15.9 Å². The third-order valence-electron chi connectivity index (χ3n) is 4.41. The van der Waals surface area contributed by atoms with Crippen molar-refractivity contribution in [3.05, 3.63) is 63.7 Å². The summed E-state index contributed by atoms with van der Waals surface area (Å²) in [5, 5.41) is 13.8. The minimum absolute atomic E-state index is 0.0657. The van der Waals surface area contributed by atoms with Crippen LogP contribution in [0, 0.1) is 17.0 Å². The molecule has 162 valence electrons. The number of anilines is 1. The van der Waals surface area contributed by atoms with Crippen molar-refractivity contribution < 1.29 is 22.9 Å². The molecule has 0 saturated carbocycles. The van der Waals surface area contributed by atoms with Gasteiger partial charge in [0.25, 0.3) is 5.69 Å². The highest BCUT2D eigenvalue weighted by Gasteiger charge is 2.26. The summed E-state index contributed by atoms with van der Waals surface area (Å²) in [5.74, 6) is -0.406. The molecule has 0 radical (unpaired) electrons. The molecule has 2 aromatic rings. The Balaban J connectivity index is 2.06. The Kier molecular flexibility index (Phi) is 7.76. The summed E-state index contributed by atoms with van der Waals surface area (Å²) >= 11 is 0. The Labute approximate surface area is 175 Å². The molecule has 0 unspecified atom stereocenters. The number of sulfonamides is 1. The SMILES string of the molecule is COc1ccc([N+](=O)[O-])cc1N(CC(=O)NCCCc1ccc(C)cc1)S(C)(=O)=O. The van der Waals surface area contributed by atoms with E-state index in [1.165, 1.54) is 24.8 Å². The first-order valence-electron chi connectivity index (χ1n) is 9.24. The van der Waals surface area contributed by atoms with E-state index in [1.807, 2.05) is 31.2 Å². The van der Waals surface area contributed by atoms with Crippen LogP contribution in [-0.4, -0.2) is 45.7 Å². The normalized spacial score (nSPS) is 11.0. The van der Waals surface area contributed by atoms with Crippen LogP contribution in [-0.2, 0) is 21.2 Å². The van der Waals surface area contributed by atoms with Crippen molar-refractivity contribution in [1.29, 1.82) is 0 Å². The zero-order chi connectivity index (χ0) is 22.3. The van der Waals surface area contributed by atoms with Crippen LogP contribution in [0.1, 0.15) is 17.5 Å². The van der Waals surface area contributed by atoms with Crippen LogP contribution < -0.4 is 14.4 Å². The number of nitrogens with one attached hydrogen (secondary N) is 1. The number of non-ortho nitro benzene ring substituents is 1. The Bertz CT molecular complexity index is 1010. The maximum absolute atomic E-state index is 12.4. The van der Waals surface area contributed by atoms with E-state index in [2.05, 4.69) is 5.32 Å². The van der Waals surface area contributed by atoms with Gasteiger partial charge in [0, 0.05) is 18.7 Å². The van der Waals surface area contributed by atoms with Crippen molar-refractivity contribution in [1.82, 2.24) is 5.32 Å². The number of nitro groups is 1. The predicted octanol–water partition coefficient (Wildman–Crippen LogP) is 2.43. The van der Waals surface area contributed by atoms with Crippen molar-refractivity contribution in [2.24, 2.45) is 0 Å². The summed E-state index contributed by atoms with van der Waals surface area (Å²) < 4.78 is 30.5. The lowest BCUT2D eigenvalue weighted by Crippen LogP contribution is -2.40. The fraction of sp³-hybridized carbons (Fsp3) is 0.350. The van der Waals surface area contributed by atoms with Crippen molar-refractivity contribution in [3.8, 4) is 5.75 Å². The molecule has 1 N–H and O–H groups in total. The van der Waals surface area contributed by atoms with Gasteiger partial charge in [-0.15, -0.1) is 0 Å². The average molecular weight is 436 g/mol. The first-order chi connectivity index (χ1) is 14.1. The van der Waals surface area contributed by atoms with Gasteiger partial charge in [-0.2, -0.15) is 0 Å². The summed E-state index contributed by atoms with van der Waals surface area (Å²) in [6, 6.07) is 11.7. The number of carbonyl (C=O) groups is 1. The fourth-order valence-electron chi connectivity index (χ4n) is 2.83. The molecule has 0 fully saturated rings. The van der Waals surface area contributed by atoms with Crippen LogP contribution in [0.2, 0.25) is 0 Å². The number of carbonyl (C=O) groups excluding carboxylic acids is 1. The minimum atomic E-state index is -3.90. The molecule has 2 aromatic carbocycles. The molecule has 0 atom stereocenters. The Morgan fingerprint density at radius 3 is 2.43 bits per heavy atom. The van der Waals surface area contributed by atoms with E-state index in [0.717, 1.165) is 28.6 Å². The number of nitro benzene ring substituents is 1. The van der Waals surface area contributed by atoms with E-state index >= 15 is 0 Å². The molecule has 0 heterocycles. The Hall–Kier alpha value is -3.14. The highest BCUT2D eigenvalue weighted by Crippen LogP contribution is 2.33. The quantitative estimate of drug-likeness (QED) is 0.348. The van der Waals surface area contributed by atoms with Gasteiger partial charge in [0.05, 0.1) is 18.3 Å². The second-order valence-electron chi connectivity index (χ2n) is 6.82. The molecule has 0 saturated heterocycles. The number of ether oxygens (including phenoxy) is 1. The lowest BCUT2D eigenvalue weighted by Gasteiger charge is -2.23. The smallest absolute Gasteiger partial charge is 0.271 e. The van der Waals surface area contributed by atoms with Gasteiger partial charge >= 0.3 is 0 Å². The maximum Gasteiger partial charge on any atom is 0.271 e. The molecule has 9 nitrogen and oxygen atoms in total. The lowest BCUT2D eigenvalue weighted by atomic mass is 10.1. The molecule has 30 heavy (non-hydrogen) atoms. The molecule has 0 aromatic heterocycles. The number of nitrogens with zero attached hydrogens (tertiary/aromatic N) is 2. The van der Waals surface area contributed by atoms with Crippen LogP contribution in [0.4, 0.5) is 11.4 Å². The summed E-state index contributed by atoms with van der Waals surface area (Å²) in [6.07, 6.45) is 2.39. The molecular formula is C20H25N3O6S. The van der Waals surface area contributed by atoms with Crippen molar-refractivity contribution in [2.75, 3.05) is 30.8 Å². The molecule has 0 aliphatic heterocycles. The van der Waals surface area contributed by atoms with Gasteiger partial charge in [0.15, 0.2) is 0 Å². The van der Waals surface area contributed by atoms with Crippen LogP contribution >= 0.6 is 0 Å². The summed E-state index contributed by atoms with van der Waals surface area (Å²) in [7, 11) is -2.58. The van der Waals surface area contributed by atoms with Gasteiger partial charge in [-0.3, -0.25) is 19.2 Å². The molecular weight excluding hydrogens is 410 g/mol. The number of benzene rings is 2. The highest BCUT2D eigenvalue weighted by atomic mass is 32.2. The van der Waals surface area contributed by atoms with Gasteiger partial charge in [0.1, 0.15) is 18.0 Å². The van der Waals surface area contributed by atoms with Crippen LogP contribution in [0.5, 0.6) is 5.75 Å². The van der Waals surface area contributed by atoms with Crippen molar-refractivity contribution in [2.45, 2.75) is 19.8 Å².